The molecule has 5 nitrogen and oxygen atoms in total. The molecule has 1 N–H and O–H groups in total. The Hall–Kier alpha value is -1.56. The van der Waals surface area contributed by atoms with Crippen molar-refractivity contribution in [3.05, 3.63) is 17.4 Å². The van der Waals surface area contributed by atoms with Crippen molar-refractivity contribution in [3.8, 4) is 0 Å². The molecule has 2 heterocycles. The van der Waals surface area contributed by atoms with Crippen molar-refractivity contribution >= 4 is 28.5 Å². The molecule has 0 saturated carbocycles. The van der Waals surface area contributed by atoms with E-state index in [2.05, 4.69) is 14.3 Å². The summed E-state index contributed by atoms with van der Waals surface area (Å²) in [5.74, 6) is -0.999. The average molecular weight is 181 g/mol. The summed E-state index contributed by atoms with van der Waals surface area (Å²) >= 11 is 0.919. The minimum absolute atomic E-state index is 0.160. The highest BCUT2D eigenvalue weighted by Gasteiger charge is 2.13. The molecule has 12 heavy (non-hydrogen) atoms. The Morgan fingerprint density at radius 1 is 1.58 bits per heavy atom. The molecule has 0 aromatic carbocycles. The molecule has 0 bridgehead atoms. The fraction of sp³-hybridized carbons (Fsp3) is 0. The van der Waals surface area contributed by atoms with E-state index in [1.807, 2.05) is 0 Å². The van der Waals surface area contributed by atoms with E-state index in [0.29, 0.717) is 11.0 Å². The van der Waals surface area contributed by atoms with Crippen LogP contribution in [0.15, 0.2) is 12.5 Å². The van der Waals surface area contributed by atoms with Gasteiger partial charge in [0.1, 0.15) is 17.4 Å². The molecule has 0 radical (unpaired) electrons. The second-order valence-electron chi connectivity index (χ2n) is 2.07. The molecule has 2 aromatic heterocycles. The van der Waals surface area contributed by atoms with Gasteiger partial charge in [-0.3, -0.25) is 0 Å². The van der Waals surface area contributed by atoms with Crippen LogP contribution < -0.4 is 0 Å². The van der Waals surface area contributed by atoms with Crippen LogP contribution in [0.4, 0.5) is 0 Å². The lowest BCUT2D eigenvalue weighted by molar-refractivity contribution is 0.0704. The second-order valence-corrected chi connectivity index (χ2v) is 2.85. The zero-order valence-electron chi connectivity index (χ0n) is 5.76. The standard InChI is InChI=1S/C6H3N3O2S/c10-6(11)5-4-3(9-12-5)1-7-2-8-4/h1-2H,(H,10,11). The lowest BCUT2D eigenvalue weighted by Gasteiger charge is -1.86. The molecule has 0 aliphatic carbocycles. The van der Waals surface area contributed by atoms with Crippen LogP contribution in [-0.4, -0.2) is 25.4 Å². The highest BCUT2D eigenvalue weighted by Crippen LogP contribution is 2.18. The third-order valence-corrected chi connectivity index (χ3v) is 2.18. The van der Waals surface area contributed by atoms with Crippen molar-refractivity contribution in [1.82, 2.24) is 14.3 Å². The molecule has 60 valence electrons. The normalized spacial score (nSPS) is 10.3. The average Bonchev–Trinajstić information content (AvgIpc) is 2.47. The first-order valence-electron chi connectivity index (χ1n) is 3.07. The molecular weight excluding hydrogens is 178 g/mol. The summed E-state index contributed by atoms with van der Waals surface area (Å²) in [6, 6.07) is 0. The maximum absolute atomic E-state index is 10.6. The Balaban J connectivity index is 2.79. The number of fused-ring (bicyclic) bond motifs is 1. The highest BCUT2D eigenvalue weighted by molar-refractivity contribution is 7.09. The van der Waals surface area contributed by atoms with Gasteiger partial charge in [0, 0.05) is 0 Å². The molecular formula is C6H3N3O2S. The Bertz CT molecular complexity index is 439. The first-order valence-corrected chi connectivity index (χ1v) is 3.85. The van der Waals surface area contributed by atoms with Gasteiger partial charge in [-0.15, -0.1) is 0 Å². The zero-order valence-corrected chi connectivity index (χ0v) is 6.58. The predicted octanol–water partition coefficient (Wildman–Crippen LogP) is 0.784. The first-order chi connectivity index (χ1) is 5.79. The minimum Gasteiger partial charge on any atom is -0.477 e. The number of hydrogen-bond donors (Lipinski definition) is 1. The van der Waals surface area contributed by atoms with Crippen LogP contribution in [-0.2, 0) is 0 Å². The van der Waals surface area contributed by atoms with Gasteiger partial charge in [-0.2, -0.15) is 4.37 Å². The maximum atomic E-state index is 10.6. The number of hydrogen-bond acceptors (Lipinski definition) is 5. The van der Waals surface area contributed by atoms with E-state index in [-0.39, 0.29) is 4.88 Å². The Labute approximate surface area is 70.9 Å². The lowest BCUT2D eigenvalue weighted by atomic mass is 10.4. The SMILES string of the molecule is O=C(O)c1snc2cncnc12. The monoisotopic (exact) mass is 181 g/mol. The molecule has 0 spiro atoms. The molecule has 0 fully saturated rings. The van der Waals surface area contributed by atoms with E-state index < -0.39 is 5.97 Å². The van der Waals surface area contributed by atoms with Crippen LogP contribution in [0.1, 0.15) is 9.67 Å². The molecule has 0 atom stereocenters. The summed E-state index contributed by atoms with van der Waals surface area (Å²) in [6.45, 7) is 0. The molecule has 0 aliphatic rings. The van der Waals surface area contributed by atoms with Crippen LogP contribution in [0.25, 0.3) is 11.0 Å². The number of carbonyl (C=O) groups is 1. The van der Waals surface area contributed by atoms with Gasteiger partial charge >= 0.3 is 5.97 Å². The van der Waals surface area contributed by atoms with E-state index >= 15 is 0 Å². The lowest BCUT2D eigenvalue weighted by Crippen LogP contribution is -1.93. The summed E-state index contributed by atoms with van der Waals surface area (Å²) < 4.78 is 3.88. The third-order valence-electron chi connectivity index (χ3n) is 1.34. The number of carboxylic acid groups (broad SMARTS) is 1. The fourth-order valence-corrected chi connectivity index (χ4v) is 1.49. The smallest absolute Gasteiger partial charge is 0.349 e. The van der Waals surface area contributed by atoms with E-state index in [9.17, 15) is 4.79 Å². The Morgan fingerprint density at radius 2 is 2.42 bits per heavy atom. The topological polar surface area (TPSA) is 76.0 Å². The molecule has 0 saturated heterocycles. The molecule has 0 unspecified atom stereocenters. The van der Waals surface area contributed by atoms with Crippen molar-refractivity contribution in [2.24, 2.45) is 0 Å². The summed E-state index contributed by atoms with van der Waals surface area (Å²) in [5.41, 5.74) is 0.933. The molecule has 2 rings (SSSR count). The van der Waals surface area contributed by atoms with Crippen LogP contribution >= 0.6 is 11.5 Å². The summed E-state index contributed by atoms with van der Waals surface area (Å²) in [4.78, 5) is 18.3. The zero-order chi connectivity index (χ0) is 8.55. The van der Waals surface area contributed by atoms with E-state index in [4.69, 9.17) is 5.11 Å². The van der Waals surface area contributed by atoms with E-state index in [1.165, 1.54) is 12.5 Å². The molecule has 0 aliphatic heterocycles. The van der Waals surface area contributed by atoms with Crippen molar-refractivity contribution in [3.63, 3.8) is 0 Å². The van der Waals surface area contributed by atoms with Gasteiger partial charge in [-0.25, -0.2) is 14.8 Å². The Morgan fingerprint density at radius 3 is 3.17 bits per heavy atom. The van der Waals surface area contributed by atoms with Gasteiger partial charge in [-0.1, -0.05) is 0 Å². The van der Waals surface area contributed by atoms with Crippen LogP contribution in [0.3, 0.4) is 0 Å². The quantitative estimate of drug-likeness (QED) is 0.703. The number of nitrogens with zero attached hydrogens (tertiary/aromatic N) is 3. The van der Waals surface area contributed by atoms with Gasteiger partial charge in [0.2, 0.25) is 0 Å². The largest absolute Gasteiger partial charge is 0.477 e. The van der Waals surface area contributed by atoms with Gasteiger partial charge in [0.05, 0.1) is 6.20 Å². The molecule has 6 heteroatoms. The van der Waals surface area contributed by atoms with Crippen molar-refractivity contribution in [2.45, 2.75) is 0 Å². The van der Waals surface area contributed by atoms with Gasteiger partial charge in [-0.05, 0) is 11.5 Å². The van der Waals surface area contributed by atoms with E-state index in [1.54, 1.807) is 0 Å². The van der Waals surface area contributed by atoms with Crippen molar-refractivity contribution < 1.29 is 9.90 Å². The number of carboxylic acids is 1. The number of aromatic nitrogens is 3. The Kier molecular flexibility index (Phi) is 1.47. The number of rotatable bonds is 1. The summed E-state index contributed by atoms with van der Waals surface area (Å²) in [6.07, 6.45) is 2.80. The third kappa shape index (κ3) is 0.928. The van der Waals surface area contributed by atoms with Crippen LogP contribution in [0, 0.1) is 0 Å². The van der Waals surface area contributed by atoms with Gasteiger partial charge in [0.25, 0.3) is 0 Å². The second kappa shape index (κ2) is 2.49. The molecule has 2 aromatic rings. The highest BCUT2D eigenvalue weighted by atomic mass is 32.1. The van der Waals surface area contributed by atoms with Gasteiger partial charge < -0.3 is 5.11 Å². The van der Waals surface area contributed by atoms with Crippen molar-refractivity contribution in [1.29, 1.82) is 0 Å². The minimum atomic E-state index is -0.999. The summed E-state index contributed by atoms with van der Waals surface area (Å²) in [5, 5.41) is 8.68. The van der Waals surface area contributed by atoms with Crippen LogP contribution in [0.2, 0.25) is 0 Å². The number of aromatic carboxylic acids is 1. The predicted molar refractivity (Wildman–Crippen MR) is 42.2 cm³/mol. The van der Waals surface area contributed by atoms with Crippen molar-refractivity contribution in [2.75, 3.05) is 0 Å². The van der Waals surface area contributed by atoms with E-state index in [0.717, 1.165) is 11.5 Å². The first kappa shape index (κ1) is 7.11. The van der Waals surface area contributed by atoms with Gasteiger partial charge in [0.15, 0.2) is 4.88 Å². The maximum Gasteiger partial charge on any atom is 0.349 e. The fourth-order valence-electron chi connectivity index (χ4n) is 0.842. The summed E-state index contributed by atoms with van der Waals surface area (Å²) in [7, 11) is 0. The van der Waals surface area contributed by atoms with Crippen LogP contribution in [0.5, 0.6) is 0 Å². The molecule has 0 amide bonds.